The Hall–Kier alpha value is -1.58. The van der Waals surface area contributed by atoms with E-state index >= 15 is 0 Å². The second-order valence-electron chi connectivity index (χ2n) is 4.84. The summed E-state index contributed by atoms with van der Waals surface area (Å²) >= 11 is 12.2. The largest absolute Gasteiger partial charge is 0.295 e. The number of aryl methyl sites for hydroxylation is 2. The molecule has 2 nitrogen and oxygen atoms in total. The van der Waals surface area contributed by atoms with Crippen LogP contribution in [0.4, 0.5) is 4.39 Å². The molecule has 0 aliphatic heterocycles. The topological polar surface area (TPSA) is 17.8 Å². The van der Waals surface area contributed by atoms with Crippen LogP contribution in [0.25, 0.3) is 16.7 Å². The lowest BCUT2D eigenvalue weighted by molar-refractivity contribution is 0.617. The quantitative estimate of drug-likeness (QED) is 0.626. The molecule has 3 rings (SSSR count). The summed E-state index contributed by atoms with van der Waals surface area (Å²) in [4.78, 5) is 4.56. The number of hydrogen-bond donors (Lipinski definition) is 0. The fourth-order valence-electron chi connectivity index (χ4n) is 2.38. The second-order valence-corrected chi connectivity index (χ2v) is 5.63. The Labute approximate surface area is 132 Å². The van der Waals surface area contributed by atoms with Crippen LogP contribution in [0.3, 0.4) is 0 Å². The first kappa shape index (κ1) is 14.4. The predicted molar refractivity (Wildman–Crippen MR) is 85.2 cm³/mol. The Kier molecular flexibility index (Phi) is 3.87. The lowest BCUT2D eigenvalue weighted by Crippen LogP contribution is -2.03. The van der Waals surface area contributed by atoms with Crippen molar-refractivity contribution in [3.8, 4) is 5.69 Å². The van der Waals surface area contributed by atoms with Gasteiger partial charge in [0.15, 0.2) is 0 Å². The Morgan fingerprint density at radius 2 is 2.05 bits per heavy atom. The van der Waals surface area contributed by atoms with E-state index in [1.807, 2.05) is 22.8 Å². The molecule has 5 heteroatoms. The van der Waals surface area contributed by atoms with E-state index in [4.69, 9.17) is 23.2 Å². The van der Waals surface area contributed by atoms with Gasteiger partial charge in [0.05, 0.1) is 21.7 Å². The van der Waals surface area contributed by atoms with Crippen LogP contribution in [0.15, 0.2) is 36.4 Å². The van der Waals surface area contributed by atoms with Crippen molar-refractivity contribution in [2.24, 2.45) is 0 Å². The zero-order valence-corrected chi connectivity index (χ0v) is 12.9. The first-order valence-electron chi connectivity index (χ1n) is 6.60. The lowest BCUT2D eigenvalue weighted by atomic mass is 10.2. The van der Waals surface area contributed by atoms with Crippen molar-refractivity contribution < 1.29 is 4.39 Å². The number of hydrogen-bond acceptors (Lipinski definition) is 1. The number of aromatic nitrogens is 2. The molecule has 0 aliphatic carbocycles. The summed E-state index contributed by atoms with van der Waals surface area (Å²) in [6, 6.07) is 10.6. The SMILES string of the molecule is Cc1ccc(-n2c(CCCl)nc3cccc(Cl)c32)cc1F. The van der Waals surface area contributed by atoms with Crippen LogP contribution in [0.5, 0.6) is 0 Å². The lowest BCUT2D eigenvalue weighted by Gasteiger charge is -2.10. The molecule has 0 aliphatic rings. The predicted octanol–water partition coefficient (Wildman–Crippen LogP) is 4.91. The molecule has 0 atom stereocenters. The summed E-state index contributed by atoms with van der Waals surface area (Å²) in [5, 5.41) is 0.585. The molecule has 21 heavy (non-hydrogen) atoms. The Morgan fingerprint density at radius 3 is 2.76 bits per heavy atom. The summed E-state index contributed by atoms with van der Waals surface area (Å²) < 4.78 is 15.8. The van der Waals surface area contributed by atoms with Gasteiger partial charge in [-0.15, -0.1) is 11.6 Å². The summed E-state index contributed by atoms with van der Waals surface area (Å²) in [6.45, 7) is 1.73. The van der Waals surface area contributed by atoms with Crippen LogP contribution in [-0.4, -0.2) is 15.4 Å². The van der Waals surface area contributed by atoms with Gasteiger partial charge in [0, 0.05) is 12.3 Å². The molecule has 1 heterocycles. The molecule has 0 radical (unpaired) electrons. The van der Waals surface area contributed by atoms with Crippen molar-refractivity contribution in [1.82, 2.24) is 9.55 Å². The standard InChI is InChI=1S/C16H13Cl2FN2/c1-10-5-6-11(9-13(10)19)21-15(7-8-17)20-14-4-2-3-12(18)16(14)21/h2-6,9H,7-8H2,1H3. The van der Waals surface area contributed by atoms with Gasteiger partial charge < -0.3 is 0 Å². The van der Waals surface area contributed by atoms with Gasteiger partial charge in [-0.1, -0.05) is 23.7 Å². The number of benzene rings is 2. The van der Waals surface area contributed by atoms with Crippen LogP contribution in [0, 0.1) is 12.7 Å². The van der Waals surface area contributed by atoms with Gasteiger partial charge in [0.2, 0.25) is 0 Å². The highest BCUT2D eigenvalue weighted by molar-refractivity contribution is 6.35. The average Bonchev–Trinajstić information content (AvgIpc) is 2.82. The highest BCUT2D eigenvalue weighted by atomic mass is 35.5. The maximum Gasteiger partial charge on any atom is 0.128 e. The minimum absolute atomic E-state index is 0.252. The van der Waals surface area contributed by atoms with Gasteiger partial charge in [0.1, 0.15) is 11.6 Å². The highest BCUT2D eigenvalue weighted by Crippen LogP contribution is 2.28. The maximum atomic E-state index is 13.9. The number of rotatable bonds is 3. The third kappa shape index (κ3) is 2.52. The minimum Gasteiger partial charge on any atom is -0.295 e. The molecule has 108 valence electrons. The second kappa shape index (κ2) is 5.66. The molecule has 0 saturated heterocycles. The van der Waals surface area contributed by atoms with Gasteiger partial charge in [-0.2, -0.15) is 0 Å². The van der Waals surface area contributed by atoms with E-state index in [2.05, 4.69) is 4.98 Å². The van der Waals surface area contributed by atoms with Crippen LogP contribution in [0.1, 0.15) is 11.4 Å². The minimum atomic E-state index is -0.252. The van der Waals surface area contributed by atoms with Gasteiger partial charge in [-0.3, -0.25) is 4.57 Å². The summed E-state index contributed by atoms with van der Waals surface area (Å²) in [5.74, 6) is 0.963. The molecule has 0 spiro atoms. The Bertz CT molecular complexity index is 811. The molecule has 0 amide bonds. The highest BCUT2D eigenvalue weighted by Gasteiger charge is 2.15. The Balaban J connectivity index is 2.32. The molecule has 0 unspecified atom stereocenters. The number of para-hydroxylation sites is 1. The van der Waals surface area contributed by atoms with E-state index in [0.29, 0.717) is 28.6 Å². The zero-order chi connectivity index (χ0) is 15.0. The van der Waals surface area contributed by atoms with Gasteiger partial charge in [0.25, 0.3) is 0 Å². The van der Waals surface area contributed by atoms with E-state index in [-0.39, 0.29) is 5.82 Å². The molecule has 0 N–H and O–H groups in total. The first-order valence-corrected chi connectivity index (χ1v) is 7.51. The van der Waals surface area contributed by atoms with Gasteiger partial charge in [-0.05, 0) is 36.8 Å². The van der Waals surface area contributed by atoms with E-state index in [0.717, 1.165) is 16.9 Å². The normalized spacial score (nSPS) is 11.2. The molecule has 0 bridgehead atoms. The van der Waals surface area contributed by atoms with Crippen molar-refractivity contribution in [3.05, 3.63) is 58.6 Å². The third-order valence-corrected chi connectivity index (χ3v) is 3.92. The first-order chi connectivity index (χ1) is 10.1. The monoisotopic (exact) mass is 322 g/mol. The number of halogens is 3. The summed E-state index contributed by atoms with van der Waals surface area (Å²) in [6.07, 6.45) is 0.585. The molecular weight excluding hydrogens is 310 g/mol. The molecule has 0 fully saturated rings. The van der Waals surface area contributed by atoms with Crippen molar-refractivity contribution in [1.29, 1.82) is 0 Å². The number of alkyl halides is 1. The third-order valence-electron chi connectivity index (χ3n) is 3.43. The molecule has 0 saturated carbocycles. The van der Waals surface area contributed by atoms with Crippen molar-refractivity contribution in [2.75, 3.05) is 5.88 Å². The van der Waals surface area contributed by atoms with E-state index in [1.165, 1.54) is 6.07 Å². The fourth-order valence-corrected chi connectivity index (χ4v) is 2.81. The van der Waals surface area contributed by atoms with Crippen LogP contribution < -0.4 is 0 Å². The number of fused-ring (bicyclic) bond motifs is 1. The van der Waals surface area contributed by atoms with Crippen LogP contribution in [0.2, 0.25) is 5.02 Å². The van der Waals surface area contributed by atoms with Gasteiger partial charge in [-0.25, -0.2) is 9.37 Å². The molecule has 3 aromatic rings. The average molecular weight is 323 g/mol. The Morgan fingerprint density at radius 1 is 1.24 bits per heavy atom. The van der Waals surface area contributed by atoms with Crippen molar-refractivity contribution in [3.63, 3.8) is 0 Å². The van der Waals surface area contributed by atoms with E-state index in [9.17, 15) is 4.39 Å². The smallest absolute Gasteiger partial charge is 0.128 e. The number of nitrogens with zero attached hydrogens (tertiary/aromatic N) is 2. The fraction of sp³-hybridized carbons (Fsp3) is 0.188. The van der Waals surface area contributed by atoms with E-state index in [1.54, 1.807) is 19.1 Å². The van der Waals surface area contributed by atoms with Gasteiger partial charge >= 0.3 is 0 Å². The van der Waals surface area contributed by atoms with Crippen molar-refractivity contribution >= 4 is 34.2 Å². The van der Waals surface area contributed by atoms with Crippen LogP contribution >= 0.6 is 23.2 Å². The van der Waals surface area contributed by atoms with Crippen molar-refractivity contribution in [2.45, 2.75) is 13.3 Å². The van der Waals surface area contributed by atoms with Crippen LogP contribution in [-0.2, 0) is 6.42 Å². The summed E-state index contributed by atoms with van der Waals surface area (Å²) in [5.41, 5.74) is 2.87. The number of imidazole rings is 1. The zero-order valence-electron chi connectivity index (χ0n) is 11.4. The molecule has 2 aromatic carbocycles. The molecule has 1 aromatic heterocycles. The summed E-state index contributed by atoms with van der Waals surface area (Å²) in [7, 11) is 0. The van der Waals surface area contributed by atoms with E-state index < -0.39 is 0 Å². The molecular formula is C16H13Cl2FN2. The maximum absolute atomic E-state index is 13.9.